The van der Waals surface area contributed by atoms with Crippen LogP contribution >= 0.6 is 11.6 Å². The number of halogens is 1. The molecule has 0 spiro atoms. The van der Waals surface area contributed by atoms with Crippen molar-refractivity contribution in [1.29, 1.82) is 0 Å². The number of rotatable bonds is 3. The van der Waals surface area contributed by atoms with Crippen molar-refractivity contribution in [2.45, 2.75) is 25.7 Å². The first-order valence-corrected chi connectivity index (χ1v) is 8.40. The minimum Gasteiger partial charge on any atom is -0.208 e. The fraction of sp³-hybridized carbons (Fsp3) is 0.429. The molecular weight excluding hydrogens is 282 g/mol. The Kier molecular flexibility index (Phi) is 5.02. The predicted octanol–water partition coefficient (Wildman–Crippen LogP) is 3.52. The number of nitrogens with zero attached hydrogens (tertiary/aromatic N) is 1. The average Bonchev–Trinajstić information content (AvgIpc) is 2.67. The van der Waals surface area contributed by atoms with Gasteiger partial charge in [-0.25, -0.2) is 8.42 Å². The monoisotopic (exact) mass is 299 g/mol. The van der Waals surface area contributed by atoms with E-state index in [1.807, 2.05) is 0 Å². The molecular formula is C14H18ClNO2S. The summed E-state index contributed by atoms with van der Waals surface area (Å²) >= 11 is 5.79. The van der Waals surface area contributed by atoms with E-state index in [2.05, 4.69) is 0 Å². The Morgan fingerprint density at radius 2 is 1.58 bits per heavy atom. The highest BCUT2D eigenvalue weighted by molar-refractivity contribution is 7.92. The fourth-order valence-electron chi connectivity index (χ4n) is 2.12. The van der Waals surface area contributed by atoms with Gasteiger partial charge in [-0.2, -0.15) is 4.31 Å². The van der Waals surface area contributed by atoms with Gasteiger partial charge >= 0.3 is 0 Å². The zero-order chi connectivity index (χ0) is 13.7. The van der Waals surface area contributed by atoms with Crippen LogP contribution in [0.4, 0.5) is 0 Å². The Morgan fingerprint density at radius 3 is 2.16 bits per heavy atom. The molecule has 2 rings (SSSR count). The van der Waals surface area contributed by atoms with Gasteiger partial charge in [0.05, 0.1) is 0 Å². The Bertz CT molecular complexity index is 529. The van der Waals surface area contributed by atoms with Gasteiger partial charge in [-0.3, -0.25) is 0 Å². The largest absolute Gasteiger partial charge is 0.236 e. The zero-order valence-corrected chi connectivity index (χ0v) is 12.3. The summed E-state index contributed by atoms with van der Waals surface area (Å²) in [5, 5.41) is 1.94. The molecule has 0 aromatic heterocycles. The molecule has 1 fully saturated rings. The van der Waals surface area contributed by atoms with Crippen molar-refractivity contribution in [2.75, 3.05) is 13.1 Å². The van der Waals surface area contributed by atoms with Crippen LogP contribution in [0.1, 0.15) is 31.2 Å². The van der Waals surface area contributed by atoms with Crippen LogP contribution in [0.15, 0.2) is 29.7 Å². The van der Waals surface area contributed by atoms with Crippen molar-refractivity contribution in [3.8, 4) is 0 Å². The maximum atomic E-state index is 12.2. The maximum absolute atomic E-state index is 12.2. The zero-order valence-electron chi connectivity index (χ0n) is 10.8. The van der Waals surface area contributed by atoms with Crippen LogP contribution in [-0.4, -0.2) is 25.8 Å². The smallest absolute Gasteiger partial charge is 0.208 e. The lowest BCUT2D eigenvalue weighted by Crippen LogP contribution is -2.30. The summed E-state index contributed by atoms with van der Waals surface area (Å²) in [4.78, 5) is 0. The molecule has 104 valence electrons. The van der Waals surface area contributed by atoms with Gasteiger partial charge < -0.3 is 0 Å². The first-order valence-electron chi connectivity index (χ1n) is 6.52. The van der Waals surface area contributed by atoms with E-state index in [1.165, 1.54) is 5.41 Å². The van der Waals surface area contributed by atoms with Gasteiger partial charge in [-0.1, -0.05) is 36.6 Å². The van der Waals surface area contributed by atoms with Gasteiger partial charge in [-0.15, -0.1) is 0 Å². The van der Waals surface area contributed by atoms with E-state index in [0.717, 1.165) is 31.2 Å². The van der Waals surface area contributed by atoms with E-state index >= 15 is 0 Å². The second-order valence-electron chi connectivity index (χ2n) is 4.71. The average molecular weight is 300 g/mol. The molecule has 0 aliphatic carbocycles. The van der Waals surface area contributed by atoms with Crippen LogP contribution in [0.5, 0.6) is 0 Å². The van der Waals surface area contributed by atoms with Gasteiger partial charge in [0.1, 0.15) is 0 Å². The normalized spacial score (nSPS) is 18.6. The lowest BCUT2D eigenvalue weighted by Gasteiger charge is -2.17. The highest BCUT2D eigenvalue weighted by Gasteiger charge is 2.19. The van der Waals surface area contributed by atoms with E-state index in [0.29, 0.717) is 18.1 Å². The van der Waals surface area contributed by atoms with Crippen molar-refractivity contribution in [3.63, 3.8) is 0 Å². The van der Waals surface area contributed by atoms with E-state index in [9.17, 15) is 8.42 Å². The molecule has 0 saturated carbocycles. The van der Waals surface area contributed by atoms with Gasteiger partial charge in [0.2, 0.25) is 10.0 Å². The van der Waals surface area contributed by atoms with Gasteiger partial charge in [-0.05, 0) is 36.6 Å². The molecule has 0 bridgehead atoms. The van der Waals surface area contributed by atoms with E-state index in [1.54, 1.807) is 34.6 Å². The number of benzene rings is 1. The van der Waals surface area contributed by atoms with E-state index < -0.39 is 10.0 Å². The molecule has 3 nitrogen and oxygen atoms in total. The lowest BCUT2D eigenvalue weighted by molar-refractivity contribution is 0.430. The van der Waals surface area contributed by atoms with Crippen molar-refractivity contribution in [3.05, 3.63) is 40.3 Å². The third-order valence-electron chi connectivity index (χ3n) is 3.23. The SMILES string of the molecule is O=S(=O)(/C=C\c1ccc(Cl)cc1)N1CCCCCC1. The summed E-state index contributed by atoms with van der Waals surface area (Å²) in [7, 11) is -3.30. The summed E-state index contributed by atoms with van der Waals surface area (Å²) in [5.74, 6) is 0. The van der Waals surface area contributed by atoms with Gasteiger partial charge in [0, 0.05) is 23.5 Å². The summed E-state index contributed by atoms with van der Waals surface area (Å²) < 4.78 is 26.0. The Hall–Kier alpha value is -0.840. The van der Waals surface area contributed by atoms with E-state index in [4.69, 9.17) is 11.6 Å². The molecule has 1 aliphatic heterocycles. The van der Waals surface area contributed by atoms with Crippen molar-refractivity contribution in [1.82, 2.24) is 4.31 Å². The molecule has 5 heteroatoms. The predicted molar refractivity (Wildman–Crippen MR) is 79.4 cm³/mol. The van der Waals surface area contributed by atoms with Crippen molar-refractivity contribution < 1.29 is 8.42 Å². The van der Waals surface area contributed by atoms with Crippen LogP contribution in [0.25, 0.3) is 6.08 Å². The first-order chi connectivity index (χ1) is 9.08. The van der Waals surface area contributed by atoms with Gasteiger partial charge in [0.15, 0.2) is 0 Å². The second kappa shape index (κ2) is 6.55. The van der Waals surface area contributed by atoms with Crippen LogP contribution in [0, 0.1) is 0 Å². The Morgan fingerprint density at radius 1 is 1.00 bits per heavy atom. The molecule has 1 aromatic rings. The van der Waals surface area contributed by atoms with Crippen molar-refractivity contribution in [2.24, 2.45) is 0 Å². The van der Waals surface area contributed by atoms with Crippen LogP contribution in [-0.2, 0) is 10.0 Å². The topological polar surface area (TPSA) is 37.4 Å². The first kappa shape index (κ1) is 14.6. The Balaban J connectivity index is 2.09. The summed E-state index contributed by atoms with van der Waals surface area (Å²) in [6.07, 6.45) is 5.76. The molecule has 1 saturated heterocycles. The summed E-state index contributed by atoms with van der Waals surface area (Å²) in [5.41, 5.74) is 0.836. The molecule has 0 unspecified atom stereocenters. The molecule has 0 N–H and O–H groups in total. The Labute approximate surface area is 119 Å². The molecule has 0 amide bonds. The van der Waals surface area contributed by atoms with Crippen LogP contribution in [0.3, 0.4) is 0 Å². The minimum absolute atomic E-state index is 0.632. The third kappa shape index (κ3) is 4.34. The number of hydrogen-bond acceptors (Lipinski definition) is 2. The fourth-order valence-corrected chi connectivity index (χ4v) is 3.52. The second-order valence-corrected chi connectivity index (χ2v) is 6.97. The van der Waals surface area contributed by atoms with E-state index in [-0.39, 0.29) is 0 Å². The quantitative estimate of drug-likeness (QED) is 0.856. The standard InChI is InChI=1S/C14H18ClNO2S/c15-14-7-5-13(6-8-14)9-12-19(17,18)16-10-3-1-2-4-11-16/h5-9,12H,1-4,10-11H2/b12-9-. The molecule has 0 atom stereocenters. The molecule has 19 heavy (non-hydrogen) atoms. The molecule has 1 heterocycles. The van der Waals surface area contributed by atoms with Crippen molar-refractivity contribution >= 4 is 27.7 Å². The minimum atomic E-state index is -3.30. The summed E-state index contributed by atoms with van der Waals surface area (Å²) in [6, 6.07) is 7.10. The maximum Gasteiger partial charge on any atom is 0.236 e. The molecule has 1 aliphatic rings. The lowest BCUT2D eigenvalue weighted by atomic mass is 10.2. The number of hydrogen-bond donors (Lipinski definition) is 0. The summed E-state index contributed by atoms with van der Waals surface area (Å²) in [6.45, 7) is 1.26. The number of sulfonamides is 1. The highest BCUT2D eigenvalue weighted by Crippen LogP contribution is 2.16. The molecule has 1 aromatic carbocycles. The van der Waals surface area contributed by atoms with Gasteiger partial charge in [0.25, 0.3) is 0 Å². The highest BCUT2D eigenvalue weighted by atomic mass is 35.5. The molecule has 0 radical (unpaired) electrons. The van der Waals surface area contributed by atoms with Crippen LogP contribution < -0.4 is 0 Å². The third-order valence-corrected chi connectivity index (χ3v) is 5.04. The van der Waals surface area contributed by atoms with Crippen LogP contribution in [0.2, 0.25) is 5.02 Å².